The molecule has 2 aromatic heterocycles. The maximum absolute atomic E-state index is 12.4. The summed E-state index contributed by atoms with van der Waals surface area (Å²) in [5.41, 5.74) is 0. The molecular formula is C17H15N3O4S. The van der Waals surface area contributed by atoms with Crippen molar-refractivity contribution in [2.45, 2.75) is 25.7 Å². The van der Waals surface area contributed by atoms with E-state index >= 15 is 0 Å². The standard InChI is InChI=1S/C17H15N3O4S/c1-10-15(23-12-6-3-2-5-11(12)22-10)17(21)18-9-14-19-16(20-24-14)13-7-4-8-25-13/h2-8,10,15H,9H2,1H3,(H,18,21)/t10-,15-/m1/s1. The predicted octanol–water partition coefficient (Wildman–Crippen LogP) is 2.64. The average Bonchev–Trinajstić information content (AvgIpc) is 3.30. The summed E-state index contributed by atoms with van der Waals surface area (Å²) in [5.74, 6) is 1.74. The van der Waals surface area contributed by atoms with E-state index in [0.717, 1.165) is 4.88 Å². The van der Waals surface area contributed by atoms with Crippen LogP contribution in [0.5, 0.6) is 11.5 Å². The van der Waals surface area contributed by atoms with Gasteiger partial charge in [-0.3, -0.25) is 4.79 Å². The highest BCUT2D eigenvalue weighted by Gasteiger charge is 2.34. The van der Waals surface area contributed by atoms with Crippen molar-refractivity contribution in [3.05, 3.63) is 47.7 Å². The molecule has 0 saturated heterocycles. The molecule has 1 aromatic carbocycles. The van der Waals surface area contributed by atoms with Crippen LogP contribution >= 0.6 is 11.3 Å². The van der Waals surface area contributed by atoms with Gasteiger partial charge in [0.25, 0.3) is 5.91 Å². The van der Waals surface area contributed by atoms with Crippen molar-refractivity contribution in [2.24, 2.45) is 0 Å². The Morgan fingerprint density at radius 3 is 2.76 bits per heavy atom. The topological polar surface area (TPSA) is 86.5 Å². The molecule has 0 unspecified atom stereocenters. The van der Waals surface area contributed by atoms with Crippen molar-refractivity contribution in [1.29, 1.82) is 0 Å². The highest BCUT2D eigenvalue weighted by atomic mass is 32.1. The second-order valence-corrected chi connectivity index (χ2v) is 6.46. The number of carbonyl (C=O) groups excluding carboxylic acids is 1. The summed E-state index contributed by atoms with van der Waals surface area (Å²) >= 11 is 1.52. The van der Waals surface area contributed by atoms with Gasteiger partial charge in [0.2, 0.25) is 17.8 Å². The Morgan fingerprint density at radius 1 is 1.20 bits per heavy atom. The number of fused-ring (bicyclic) bond motifs is 1. The van der Waals surface area contributed by atoms with Crippen molar-refractivity contribution in [2.75, 3.05) is 0 Å². The van der Waals surface area contributed by atoms with Crippen LogP contribution in [-0.4, -0.2) is 28.3 Å². The number of hydrogen-bond donors (Lipinski definition) is 1. The number of amides is 1. The molecule has 1 aliphatic heterocycles. The predicted molar refractivity (Wildman–Crippen MR) is 90.4 cm³/mol. The normalized spacial score (nSPS) is 18.8. The van der Waals surface area contributed by atoms with E-state index < -0.39 is 12.2 Å². The molecule has 1 N–H and O–H groups in total. The van der Waals surface area contributed by atoms with Crippen LogP contribution in [0.15, 0.2) is 46.3 Å². The molecule has 25 heavy (non-hydrogen) atoms. The van der Waals surface area contributed by atoms with Gasteiger partial charge in [0.05, 0.1) is 11.4 Å². The number of carbonyl (C=O) groups is 1. The van der Waals surface area contributed by atoms with Gasteiger partial charge in [0, 0.05) is 0 Å². The summed E-state index contributed by atoms with van der Waals surface area (Å²) in [4.78, 5) is 17.6. The van der Waals surface area contributed by atoms with Gasteiger partial charge < -0.3 is 19.3 Å². The Bertz CT molecular complexity index is 878. The summed E-state index contributed by atoms with van der Waals surface area (Å²) in [6.07, 6.45) is -1.14. The van der Waals surface area contributed by atoms with E-state index in [1.165, 1.54) is 11.3 Å². The number of aromatic nitrogens is 2. The number of nitrogens with one attached hydrogen (secondary N) is 1. The summed E-state index contributed by atoms with van der Waals surface area (Å²) in [7, 11) is 0. The van der Waals surface area contributed by atoms with E-state index in [2.05, 4.69) is 15.5 Å². The largest absolute Gasteiger partial charge is 0.482 e. The van der Waals surface area contributed by atoms with Crippen molar-refractivity contribution < 1.29 is 18.8 Å². The number of rotatable bonds is 4. The molecule has 0 bridgehead atoms. The number of nitrogens with zero attached hydrogens (tertiary/aromatic N) is 2. The molecule has 2 atom stereocenters. The minimum atomic E-state index is -0.741. The van der Waals surface area contributed by atoms with E-state index in [-0.39, 0.29) is 12.5 Å². The first-order valence-electron chi connectivity index (χ1n) is 7.77. The Balaban J connectivity index is 1.39. The molecule has 3 heterocycles. The highest BCUT2D eigenvalue weighted by Crippen LogP contribution is 2.33. The molecule has 0 spiro atoms. The third kappa shape index (κ3) is 3.20. The molecule has 0 fully saturated rings. The van der Waals surface area contributed by atoms with E-state index in [9.17, 15) is 4.79 Å². The number of hydrogen-bond acceptors (Lipinski definition) is 7. The van der Waals surface area contributed by atoms with E-state index in [1.54, 1.807) is 13.0 Å². The first kappa shape index (κ1) is 15.6. The fourth-order valence-corrected chi connectivity index (χ4v) is 3.15. The van der Waals surface area contributed by atoms with Crippen molar-refractivity contribution in [3.8, 4) is 22.2 Å². The lowest BCUT2D eigenvalue weighted by atomic mass is 10.1. The van der Waals surface area contributed by atoms with Gasteiger partial charge in [0.1, 0.15) is 6.10 Å². The molecule has 8 heteroatoms. The maximum Gasteiger partial charge on any atom is 0.265 e. The molecule has 0 saturated carbocycles. The molecule has 4 rings (SSSR count). The van der Waals surface area contributed by atoms with Crippen molar-refractivity contribution in [1.82, 2.24) is 15.5 Å². The van der Waals surface area contributed by atoms with Gasteiger partial charge in [-0.2, -0.15) is 4.98 Å². The summed E-state index contributed by atoms with van der Waals surface area (Å²) in [6.45, 7) is 1.92. The number of para-hydroxylation sites is 2. The molecular weight excluding hydrogens is 342 g/mol. The number of thiophene rings is 1. The molecule has 0 aliphatic carbocycles. The van der Waals surface area contributed by atoms with Gasteiger partial charge in [-0.1, -0.05) is 23.4 Å². The van der Waals surface area contributed by atoms with Gasteiger partial charge in [-0.05, 0) is 30.5 Å². The van der Waals surface area contributed by atoms with Crippen LogP contribution in [0.2, 0.25) is 0 Å². The summed E-state index contributed by atoms with van der Waals surface area (Å²) in [5, 5.41) is 8.60. The first-order chi connectivity index (χ1) is 12.2. The van der Waals surface area contributed by atoms with Crippen molar-refractivity contribution >= 4 is 17.2 Å². The Kier molecular flexibility index (Phi) is 4.10. The second kappa shape index (κ2) is 6.56. The van der Waals surface area contributed by atoms with Crippen LogP contribution in [0.25, 0.3) is 10.7 Å². The lowest BCUT2D eigenvalue weighted by molar-refractivity contribution is -0.133. The first-order valence-corrected chi connectivity index (χ1v) is 8.65. The van der Waals surface area contributed by atoms with Gasteiger partial charge >= 0.3 is 0 Å². The average molecular weight is 357 g/mol. The molecule has 7 nitrogen and oxygen atoms in total. The number of ether oxygens (including phenoxy) is 2. The van der Waals surface area contributed by atoms with Crippen LogP contribution in [0.3, 0.4) is 0 Å². The summed E-state index contributed by atoms with van der Waals surface area (Å²) < 4.78 is 16.7. The minimum absolute atomic E-state index is 0.130. The fourth-order valence-electron chi connectivity index (χ4n) is 2.50. The van der Waals surface area contributed by atoms with Crippen LogP contribution < -0.4 is 14.8 Å². The highest BCUT2D eigenvalue weighted by molar-refractivity contribution is 7.13. The SMILES string of the molecule is C[C@H]1Oc2ccccc2O[C@H]1C(=O)NCc1nc(-c2cccs2)no1. The Hall–Kier alpha value is -2.87. The van der Waals surface area contributed by atoms with Crippen LogP contribution in [-0.2, 0) is 11.3 Å². The van der Waals surface area contributed by atoms with Crippen LogP contribution in [0.1, 0.15) is 12.8 Å². The Labute approximate surface area is 147 Å². The molecule has 128 valence electrons. The fraction of sp³-hybridized carbons (Fsp3) is 0.235. The van der Waals surface area contributed by atoms with E-state index in [4.69, 9.17) is 14.0 Å². The smallest absolute Gasteiger partial charge is 0.265 e. The second-order valence-electron chi connectivity index (χ2n) is 5.51. The molecule has 1 amide bonds. The third-order valence-corrected chi connectivity index (χ3v) is 4.59. The van der Waals surface area contributed by atoms with Crippen molar-refractivity contribution in [3.63, 3.8) is 0 Å². The monoisotopic (exact) mass is 357 g/mol. The summed E-state index contributed by atoms with van der Waals surface area (Å²) in [6, 6.07) is 11.1. The zero-order chi connectivity index (χ0) is 17.2. The molecule has 1 aliphatic rings. The number of benzene rings is 1. The van der Waals surface area contributed by atoms with E-state index in [1.807, 2.05) is 35.7 Å². The van der Waals surface area contributed by atoms with Crippen LogP contribution in [0.4, 0.5) is 0 Å². The van der Waals surface area contributed by atoms with Gasteiger partial charge in [-0.15, -0.1) is 11.3 Å². The third-order valence-electron chi connectivity index (χ3n) is 3.72. The quantitative estimate of drug-likeness (QED) is 0.772. The van der Waals surface area contributed by atoms with E-state index in [0.29, 0.717) is 23.2 Å². The maximum atomic E-state index is 12.4. The lowest BCUT2D eigenvalue weighted by Gasteiger charge is -2.30. The molecule has 0 radical (unpaired) electrons. The van der Waals surface area contributed by atoms with Crippen LogP contribution in [0, 0.1) is 0 Å². The minimum Gasteiger partial charge on any atom is -0.482 e. The lowest BCUT2D eigenvalue weighted by Crippen LogP contribution is -2.48. The zero-order valence-electron chi connectivity index (χ0n) is 13.3. The van der Waals surface area contributed by atoms with Gasteiger partial charge in [-0.25, -0.2) is 0 Å². The Morgan fingerprint density at radius 2 is 2.00 bits per heavy atom. The zero-order valence-corrected chi connectivity index (χ0v) is 14.2. The van der Waals surface area contributed by atoms with Gasteiger partial charge in [0.15, 0.2) is 11.5 Å². The molecule has 3 aromatic rings.